The van der Waals surface area contributed by atoms with Gasteiger partial charge < -0.3 is 9.47 Å². The van der Waals surface area contributed by atoms with Crippen molar-refractivity contribution >= 4 is 21.9 Å². The Balaban J connectivity index is 1.50. The van der Waals surface area contributed by atoms with Crippen molar-refractivity contribution < 1.29 is 27.4 Å². The molecular formula is C28H24BrF3N2O3. The third kappa shape index (κ3) is 5.97. The van der Waals surface area contributed by atoms with Gasteiger partial charge in [-0.2, -0.15) is 18.4 Å². The monoisotopic (exact) mass is 572 g/mol. The van der Waals surface area contributed by atoms with Gasteiger partial charge in [0.2, 0.25) is 0 Å². The number of likely N-dealkylation sites (tertiary alicyclic amines) is 1. The van der Waals surface area contributed by atoms with E-state index in [1.54, 1.807) is 36.4 Å². The largest absolute Gasteiger partial charge is 0.492 e. The molecule has 2 unspecified atom stereocenters. The van der Waals surface area contributed by atoms with Crippen LogP contribution in [0.1, 0.15) is 23.6 Å². The molecule has 0 aromatic heterocycles. The summed E-state index contributed by atoms with van der Waals surface area (Å²) in [7, 11) is 1.23. The molecule has 1 heterocycles. The lowest BCUT2D eigenvalue weighted by molar-refractivity contribution is -0.186. The highest BCUT2D eigenvalue weighted by Crippen LogP contribution is 2.44. The Labute approximate surface area is 221 Å². The van der Waals surface area contributed by atoms with Gasteiger partial charge >= 0.3 is 12.1 Å². The maximum absolute atomic E-state index is 14.1. The van der Waals surface area contributed by atoms with Crippen molar-refractivity contribution in [2.24, 2.45) is 5.41 Å². The van der Waals surface area contributed by atoms with Gasteiger partial charge in [-0.3, -0.25) is 9.69 Å². The molecule has 0 bridgehead atoms. The molecule has 0 aliphatic carbocycles. The van der Waals surface area contributed by atoms with E-state index >= 15 is 0 Å². The molecule has 2 atom stereocenters. The van der Waals surface area contributed by atoms with Crippen LogP contribution in [0.25, 0.3) is 11.1 Å². The van der Waals surface area contributed by atoms with Crippen molar-refractivity contribution in [2.45, 2.75) is 18.6 Å². The van der Waals surface area contributed by atoms with Gasteiger partial charge in [-0.25, -0.2) is 0 Å². The zero-order valence-electron chi connectivity index (χ0n) is 20.0. The molecule has 0 N–H and O–H groups in total. The number of benzene rings is 3. The molecule has 0 amide bonds. The van der Waals surface area contributed by atoms with E-state index in [2.05, 4.69) is 22.0 Å². The first kappa shape index (κ1) is 26.7. The number of nitrogens with zero attached hydrogens (tertiary/aromatic N) is 2. The Hall–Kier alpha value is -3.35. The fraction of sp³-hybridized carbons (Fsp3) is 0.286. The SMILES string of the molecule is COC(=O)C1(COc2ccc(-c3ccc(C#N)cc3)cc2)CCN(C(c2ccc(Br)cc2)C(F)(F)F)C1. The summed E-state index contributed by atoms with van der Waals surface area (Å²) in [5, 5.41) is 8.96. The van der Waals surface area contributed by atoms with Crippen LogP contribution >= 0.6 is 15.9 Å². The van der Waals surface area contributed by atoms with Gasteiger partial charge in [-0.1, -0.05) is 52.3 Å². The van der Waals surface area contributed by atoms with Gasteiger partial charge in [0.15, 0.2) is 0 Å². The van der Waals surface area contributed by atoms with Crippen molar-refractivity contribution in [2.75, 3.05) is 26.8 Å². The summed E-state index contributed by atoms with van der Waals surface area (Å²) in [6.07, 6.45) is -4.35. The van der Waals surface area contributed by atoms with E-state index < -0.39 is 23.6 Å². The molecule has 3 aromatic rings. The van der Waals surface area contributed by atoms with Crippen molar-refractivity contribution in [3.63, 3.8) is 0 Å². The minimum Gasteiger partial charge on any atom is -0.492 e. The second-order valence-electron chi connectivity index (χ2n) is 8.99. The zero-order chi connectivity index (χ0) is 26.6. The van der Waals surface area contributed by atoms with Crippen LogP contribution < -0.4 is 4.74 Å². The summed E-state index contributed by atoms with van der Waals surface area (Å²) in [5.41, 5.74) is 1.27. The normalized spacial score (nSPS) is 18.7. The fourth-order valence-corrected chi connectivity index (χ4v) is 4.90. The van der Waals surface area contributed by atoms with Crippen LogP contribution in [0, 0.1) is 16.7 Å². The average molecular weight is 573 g/mol. The van der Waals surface area contributed by atoms with E-state index in [0.29, 0.717) is 15.8 Å². The highest BCUT2D eigenvalue weighted by molar-refractivity contribution is 9.10. The standard InChI is InChI=1S/C28H24BrF3N2O3/c1-36-26(35)27(14-15-34(17-27)25(28(30,31)32)22-6-10-23(29)11-7-22)18-37-24-12-8-21(9-13-24)20-4-2-19(16-33)3-5-20/h2-13,25H,14-15,17-18H2,1H3. The number of nitriles is 1. The molecule has 1 saturated heterocycles. The average Bonchev–Trinajstić information content (AvgIpc) is 3.32. The minimum atomic E-state index is -4.53. The quantitative estimate of drug-likeness (QED) is 0.301. The van der Waals surface area contributed by atoms with Crippen LogP contribution in [0.5, 0.6) is 5.75 Å². The molecule has 1 fully saturated rings. The zero-order valence-corrected chi connectivity index (χ0v) is 21.6. The van der Waals surface area contributed by atoms with Crippen LogP contribution in [0.4, 0.5) is 13.2 Å². The van der Waals surface area contributed by atoms with Crippen LogP contribution in [-0.4, -0.2) is 43.9 Å². The van der Waals surface area contributed by atoms with Crippen molar-refractivity contribution in [1.29, 1.82) is 5.26 Å². The van der Waals surface area contributed by atoms with E-state index in [-0.39, 0.29) is 31.7 Å². The molecule has 1 aliphatic rings. The van der Waals surface area contributed by atoms with Crippen LogP contribution in [0.3, 0.4) is 0 Å². The summed E-state index contributed by atoms with van der Waals surface area (Å²) < 4.78 is 54.0. The lowest BCUT2D eigenvalue weighted by atomic mass is 9.88. The Morgan fingerprint density at radius 2 is 1.65 bits per heavy atom. The molecule has 37 heavy (non-hydrogen) atoms. The second-order valence-corrected chi connectivity index (χ2v) is 9.91. The van der Waals surface area contributed by atoms with E-state index in [0.717, 1.165) is 11.1 Å². The Kier molecular flexibility index (Phi) is 7.90. The number of rotatable bonds is 7. The number of esters is 1. The number of methoxy groups -OCH3 is 1. The third-order valence-corrected chi connectivity index (χ3v) is 7.11. The number of halogens is 4. The van der Waals surface area contributed by atoms with E-state index in [4.69, 9.17) is 14.7 Å². The maximum Gasteiger partial charge on any atom is 0.408 e. The topological polar surface area (TPSA) is 62.6 Å². The van der Waals surface area contributed by atoms with Crippen molar-refractivity contribution in [1.82, 2.24) is 4.90 Å². The maximum atomic E-state index is 14.1. The predicted molar refractivity (Wildman–Crippen MR) is 136 cm³/mol. The highest BCUT2D eigenvalue weighted by Gasteiger charge is 2.53. The molecule has 0 spiro atoms. The minimum absolute atomic E-state index is 0.0658. The molecule has 4 rings (SSSR count). The summed E-state index contributed by atoms with van der Waals surface area (Å²) in [5.74, 6) is -0.111. The van der Waals surface area contributed by atoms with E-state index in [1.807, 2.05) is 24.3 Å². The first-order chi connectivity index (χ1) is 17.6. The number of carbonyl (C=O) groups excluding carboxylic acids is 1. The first-order valence-corrected chi connectivity index (χ1v) is 12.3. The van der Waals surface area contributed by atoms with Crippen LogP contribution in [0.15, 0.2) is 77.3 Å². The number of carbonyl (C=O) groups is 1. The van der Waals surface area contributed by atoms with Crippen LogP contribution in [0.2, 0.25) is 0 Å². The number of hydrogen-bond donors (Lipinski definition) is 0. The Morgan fingerprint density at radius 3 is 2.19 bits per heavy atom. The molecule has 3 aromatic carbocycles. The Bertz CT molecular complexity index is 1270. The van der Waals surface area contributed by atoms with Crippen molar-refractivity contribution in [3.05, 3.63) is 88.4 Å². The lowest BCUT2D eigenvalue weighted by Gasteiger charge is -2.32. The molecule has 0 saturated carbocycles. The summed E-state index contributed by atoms with van der Waals surface area (Å²) >= 11 is 3.26. The number of ether oxygens (including phenoxy) is 2. The molecule has 5 nitrogen and oxygen atoms in total. The second kappa shape index (κ2) is 11.0. The predicted octanol–water partition coefficient (Wildman–Crippen LogP) is 6.54. The van der Waals surface area contributed by atoms with E-state index in [1.165, 1.54) is 24.1 Å². The van der Waals surface area contributed by atoms with Gasteiger partial charge in [0.1, 0.15) is 23.8 Å². The van der Waals surface area contributed by atoms with E-state index in [9.17, 15) is 18.0 Å². The highest BCUT2D eigenvalue weighted by atomic mass is 79.9. The number of hydrogen-bond acceptors (Lipinski definition) is 5. The summed E-state index contributed by atoms with van der Waals surface area (Å²) in [6.45, 7) is -0.198. The van der Waals surface area contributed by atoms with Gasteiger partial charge in [0.25, 0.3) is 0 Å². The first-order valence-electron chi connectivity index (χ1n) is 11.5. The van der Waals surface area contributed by atoms with Gasteiger partial charge in [-0.05, 0) is 59.5 Å². The van der Waals surface area contributed by atoms with Gasteiger partial charge in [-0.15, -0.1) is 0 Å². The lowest BCUT2D eigenvalue weighted by Crippen LogP contribution is -2.43. The molecule has 9 heteroatoms. The molecule has 1 aliphatic heterocycles. The molecular weight excluding hydrogens is 549 g/mol. The van der Waals surface area contributed by atoms with Gasteiger partial charge in [0, 0.05) is 17.6 Å². The summed E-state index contributed by atoms with van der Waals surface area (Å²) in [4.78, 5) is 14.1. The molecule has 192 valence electrons. The Morgan fingerprint density at radius 1 is 1.05 bits per heavy atom. The smallest absolute Gasteiger partial charge is 0.408 e. The summed E-state index contributed by atoms with van der Waals surface area (Å²) in [6, 6.07) is 20.6. The number of alkyl halides is 3. The fourth-order valence-electron chi connectivity index (χ4n) is 4.64. The van der Waals surface area contributed by atoms with Crippen molar-refractivity contribution in [3.8, 4) is 22.9 Å². The third-order valence-electron chi connectivity index (χ3n) is 6.58. The van der Waals surface area contributed by atoms with Crippen LogP contribution in [-0.2, 0) is 9.53 Å². The molecule has 0 radical (unpaired) electrons. The van der Waals surface area contributed by atoms with Gasteiger partial charge in [0.05, 0.1) is 18.7 Å².